The molecule has 0 aliphatic heterocycles. The van der Waals surface area contributed by atoms with E-state index in [4.69, 9.17) is 11.6 Å². The van der Waals surface area contributed by atoms with Gasteiger partial charge in [0, 0.05) is 23.2 Å². The van der Waals surface area contributed by atoms with E-state index in [1.165, 1.54) is 6.07 Å². The van der Waals surface area contributed by atoms with E-state index in [0.29, 0.717) is 21.7 Å². The molecule has 0 spiro atoms. The number of carbonyl (C=O) groups excluding carboxylic acids is 1. The molecular formula is C14H11ClFNO. The summed E-state index contributed by atoms with van der Waals surface area (Å²) >= 11 is 5.70. The number of hydrogen-bond donors (Lipinski definition) is 1. The maximum atomic E-state index is 13.7. The molecule has 0 fully saturated rings. The lowest BCUT2D eigenvalue weighted by Gasteiger charge is -2.05. The van der Waals surface area contributed by atoms with Gasteiger partial charge in [0.2, 0.25) is 0 Å². The van der Waals surface area contributed by atoms with Gasteiger partial charge in [-0.15, -0.1) is 0 Å². The van der Waals surface area contributed by atoms with E-state index in [1.807, 2.05) is 0 Å². The van der Waals surface area contributed by atoms with Gasteiger partial charge >= 0.3 is 0 Å². The molecule has 0 atom stereocenters. The Hall–Kier alpha value is -1.87. The average molecular weight is 264 g/mol. The van der Waals surface area contributed by atoms with Crippen LogP contribution in [0.3, 0.4) is 0 Å². The maximum absolute atomic E-state index is 13.7. The standard InChI is InChI=1S/C14H11ClFNO/c1-17-14(18)10-4-2-9(3-5-10)12-7-6-11(15)8-13(12)16/h2-8H,1H3,(H,17,18). The smallest absolute Gasteiger partial charge is 0.251 e. The van der Waals surface area contributed by atoms with Gasteiger partial charge in [-0.25, -0.2) is 4.39 Å². The van der Waals surface area contributed by atoms with Gasteiger partial charge in [-0.1, -0.05) is 23.7 Å². The fourth-order valence-corrected chi connectivity index (χ4v) is 1.83. The quantitative estimate of drug-likeness (QED) is 0.883. The van der Waals surface area contributed by atoms with Crippen LogP contribution in [-0.4, -0.2) is 13.0 Å². The van der Waals surface area contributed by atoms with Crippen LogP contribution < -0.4 is 5.32 Å². The Balaban J connectivity index is 2.37. The van der Waals surface area contributed by atoms with Crippen molar-refractivity contribution in [3.63, 3.8) is 0 Å². The van der Waals surface area contributed by atoms with Crippen molar-refractivity contribution in [2.75, 3.05) is 7.05 Å². The topological polar surface area (TPSA) is 29.1 Å². The van der Waals surface area contributed by atoms with E-state index in [9.17, 15) is 9.18 Å². The van der Waals surface area contributed by atoms with Crippen LogP contribution in [0.4, 0.5) is 4.39 Å². The Morgan fingerprint density at radius 2 is 1.83 bits per heavy atom. The molecule has 0 radical (unpaired) electrons. The number of rotatable bonds is 2. The molecule has 0 heterocycles. The van der Waals surface area contributed by atoms with E-state index in [-0.39, 0.29) is 11.7 Å². The molecule has 0 saturated heterocycles. The van der Waals surface area contributed by atoms with E-state index < -0.39 is 0 Å². The van der Waals surface area contributed by atoms with Crippen LogP contribution in [-0.2, 0) is 0 Å². The van der Waals surface area contributed by atoms with Crippen LogP contribution in [0.25, 0.3) is 11.1 Å². The summed E-state index contributed by atoms with van der Waals surface area (Å²) in [4.78, 5) is 11.4. The second-order valence-corrected chi connectivity index (χ2v) is 4.22. The van der Waals surface area contributed by atoms with Gasteiger partial charge in [0.25, 0.3) is 5.91 Å². The van der Waals surface area contributed by atoms with E-state index in [2.05, 4.69) is 5.32 Å². The fraction of sp³-hybridized carbons (Fsp3) is 0.0714. The highest BCUT2D eigenvalue weighted by Crippen LogP contribution is 2.25. The van der Waals surface area contributed by atoms with E-state index >= 15 is 0 Å². The van der Waals surface area contributed by atoms with Gasteiger partial charge < -0.3 is 5.32 Å². The molecule has 0 bridgehead atoms. The third-order valence-corrected chi connectivity index (χ3v) is 2.85. The summed E-state index contributed by atoms with van der Waals surface area (Å²) in [6.07, 6.45) is 0. The number of halogens is 2. The summed E-state index contributed by atoms with van der Waals surface area (Å²) in [6.45, 7) is 0. The van der Waals surface area contributed by atoms with Crippen molar-refractivity contribution in [1.29, 1.82) is 0 Å². The maximum Gasteiger partial charge on any atom is 0.251 e. The summed E-state index contributed by atoms with van der Waals surface area (Å²) in [6, 6.07) is 11.2. The zero-order chi connectivity index (χ0) is 13.1. The van der Waals surface area contributed by atoms with Gasteiger partial charge in [-0.3, -0.25) is 4.79 Å². The van der Waals surface area contributed by atoms with Crippen LogP contribution in [0.1, 0.15) is 10.4 Å². The minimum atomic E-state index is -0.379. The van der Waals surface area contributed by atoms with Crippen molar-refractivity contribution >= 4 is 17.5 Å². The van der Waals surface area contributed by atoms with Crippen LogP contribution in [0, 0.1) is 5.82 Å². The Bertz CT molecular complexity index is 581. The number of hydrogen-bond acceptors (Lipinski definition) is 1. The molecule has 18 heavy (non-hydrogen) atoms. The monoisotopic (exact) mass is 263 g/mol. The molecule has 1 amide bonds. The van der Waals surface area contributed by atoms with Crippen molar-refractivity contribution in [3.8, 4) is 11.1 Å². The van der Waals surface area contributed by atoms with Gasteiger partial charge in [0.05, 0.1) is 0 Å². The lowest BCUT2D eigenvalue weighted by molar-refractivity contribution is 0.0963. The summed E-state index contributed by atoms with van der Waals surface area (Å²) in [7, 11) is 1.56. The van der Waals surface area contributed by atoms with Crippen LogP contribution in [0.15, 0.2) is 42.5 Å². The third-order valence-electron chi connectivity index (χ3n) is 2.62. The fourth-order valence-electron chi connectivity index (χ4n) is 1.67. The largest absolute Gasteiger partial charge is 0.355 e. The molecule has 2 rings (SSSR count). The van der Waals surface area contributed by atoms with Crippen molar-refractivity contribution in [1.82, 2.24) is 5.32 Å². The first-order valence-corrected chi connectivity index (χ1v) is 5.77. The first-order valence-electron chi connectivity index (χ1n) is 5.39. The second kappa shape index (κ2) is 5.19. The van der Waals surface area contributed by atoms with Gasteiger partial charge in [0.15, 0.2) is 0 Å². The molecule has 0 aliphatic carbocycles. The molecule has 92 valence electrons. The minimum absolute atomic E-state index is 0.168. The van der Waals surface area contributed by atoms with E-state index in [0.717, 1.165) is 0 Å². The number of carbonyl (C=O) groups is 1. The molecular weight excluding hydrogens is 253 g/mol. The summed E-state index contributed by atoms with van der Waals surface area (Å²) in [5, 5.41) is 2.89. The summed E-state index contributed by atoms with van der Waals surface area (Å²) in [5.41, 5.74) is 1.70. The predicted octanol–water partition coefficient (Wildman–Crippen LogP) is 3.51. The summed E-state index contributed by atoms with van der Waals surface area (Å²) < 4.78 is 13.7. The zero-order valence-electron chi connectivity index (χ0n) is 9.71. The number of amides is 1. The van der Waals surface area contributed by atoms with E-state index in [1.54, 1.807) is 43.4 Å². The first kappa shape index (κ1) is 12.6. The molecule has 0 aliphatic rings. The highest BCUT2D eigenvalue weighted by Gasteiger charge is 2.07. The Morgan fingerprint density at radius 3 is 2.39 bits per heavy atom. The highest BCUT2D eigenvalue weighted by molar-refractivity contribution is 6.30. The third kappa shape index (κ3) is 2.51. The predicted molar refractivity (Wildman–Crippen MR) is 70.2 cm³/mol. The minimum Gasteiger partial charge on any atom is -0.355 e. The molecule has 0 aromatic heterocycles. The Morgan fingerprint density at radius 1 is 1.17 bits per heavy atom. The van der Waals surface area contributed by atoms with Crippen LogP contribution >= 0.6 is 11.6 Å². The normalized spacial score (nSPS) is 10.2. The lowest BCUT2D eigenvalue weighted by atomic mass is 10.0. The Kier molecular flexibility index (Phi) is 3.63. The van der Waals surface area contributed by atoms with Crippen molar-refractivity contribution in [2.24, 2.45) is 0 Å². The SMILES string of the molecule is CNC(=O)c1ccc(-c2ccc(Cl)cc2F)cc1. The highest BCUT2D eigenvalue weighted by atomic mass is 35.5. The van der Waals surface area contributed by atoms with Crippen LogP contribution in [0.5, 0.6) is 0 Å². The summed E-state index contributed by atoms with van der Waals surface area (Å²) in [5.74, 6) is -0.548. The van der Waals surface area contributed by atoms with Crippen molar-refractivity contribution < 1.29 is 9.18 Å². The average Bonchev–Trinajstić information content (AvgIpc) is 2.38. The molecule has 0 unspecified atom stereocenters. The van der Waals surface area contributed by atoms with Gasteiger partial charge in [0.1, 0.15) is 5.82 Å². The van der Waals surface area contributed by atoms with Crippen molar-refractivity contribution in [2.45, 2.75) is 0 Å². The molecule has 2 nitrogen and oxygen atoms in total. The zero-order valence-corrected chi connectivity index (χ0v) is 10.5. The first-order chi connectivity index (χ1) is 8.61. The number of nitrogens with one attached hydrogen (secondary N) is 1. The number of benzene rings is 2. The molecule has 2 aromatic rings. The van der Waals surface area contributed by atoms with Gasteiger partial charge in [-0.2, -0.15) is 0 Å². The van der Waals surface area contributed by atoms with Crippen molar-refractivity contribution in [3.05, 3.63) is 58.9 Å². The molecule has 0 saturated carbocycles. The molecule has 2 aromatic carbocycles. The lowest BCUT2D eigenvalue weighted by Crippen LogP contribution is -2.17. The Labute approximate surface area is 109 Å². The van der Waals surface area contributed by atoms with Crippen LogP contribution in [0.2, 0.25) is 5.02 Å². The second-order valence-electron chi connectivity index (χ2n) is 3.78. The van der Waals surface area contributed by atoms with Gasteiger partial charge in [-0.05, 0) is 35.9 Å². The molecule has 1 N–H and O–H groups in total. The molecule has 4 heteroatoms.